The highest BCUT2D eigenvalue weighted by atomic mass is 19.4. The van der Waals surface area contributed by atoms with E-state index < -0.39 is 23.9 Å². The summed E-state index contributed by atoms with van der Waals surface area (Å²) in [6, 6.07) is 1.94. The van der Waals surface area contributed by atoms with E-state index in [4.69, 9.17) is 4.74 Å². The van der Waals surface area contributed by atoms with Crippen molar-refractivity contribution in [3.8, 4) is 0 Å². The van der Waals surface area contributed by atoms with Gasteiger partial charge in [0.25, 0.3) is 0 Å². The van der Waals surface area contributed by atoms with Crippen LogP contribution in [0.25, 0.3) is 0 Å². The zero-order chi connectivity index (χ0) is 19.8. The highest BCUT2D eigenvalue weighted by Crippen LogP contribution is 2.64. The van der Waals surface area contributed by atoms with E-state index in [9.17, 15) is 18.0 Å². The van der Waals surface area contributed by atoms with Gasteiger partial charge in [-0.25, -0.2) is 0 Å². The summed E-state index contributed by atoms with van der Waals surface area (Å²) in [6.07, 6.45) is -2.61. The van der Waals surface area contributed by atoms with Crippen LogP contribution in [0.4, 0.5) is 13.2 Å². The van der Waals surface area contributed by atoms with Crippen molar-refractivity contribution in [2.24, 2.45) is 18.9 Å². The fourth-order valence-corrected chi connectivity index (χ4v) is 5.58. The number of carbonyl (C=O) groups is 1. The third-order valence-corrected chi connectivity index (χ3v) is 6.85. The number of aromatic nitrogens is 2. The lowest BCUT2D eigenvalue weighted by molar-refractivity contribution is -0.284. The van der Waals surface area contributed by atoms with Crippen LogP contribution in [0.5, 0.6) is 0 Å². The van der Waals surface area contributed by atoms with Crippen molar-refractivity contribution in [2.45, 2.75) is 69.4 Å². The van der Waals surface area contributed by atoms with Crippen LogP contribution in [0.15, 0.2) is 12.3 Å². The van der Waals surface area contributed by atoms with Crippen molar-refractivity contribution < 1.29 is 22.7 Å². The van der Waals surface area contributed by atoms with Crippen LogP contribution in [0.2, 0.25) is 0 Å². The molecule has 0 N–H and O–H groups in total. The molecular weight excluding hydrogens is 359 g/mol. The summed E-state index contributed by atoms with van der Waals surface area (Å²) in [5.74, 6) is -0.229. The number of alkyl halides is 3. The molecule has 1 aromatic heterocycles. The summed E-state index contributed by atoms with van der Waals surface area (Å²) >= 11 is 0. The van der Waals surface area contributed by atoms with E-state index in [0.717, 1.165) is 25.0 Å². The lowest BCUT2D eigenvalue weighted by atomic mass is 9.58. The number of hydrogen-bond acceptors (Lipinski definition) is 3. The first-order valence-corrected chi connectivity index (χ1v) is 9.50. The van der Waals surface area contributed by atoms with Gasteiger partial charge in [0.2, 0.25) is 5.91 Å². The van der Waals surface area contributed by atoms with Gasteiger partial charge in [0, 0.05) is 25.2 Å². The first-order chi connectivity index (χ1) is 12.5. The van der Waals surface area contributed by atoms with Crippen molar-refractivity contribution in [1.29, 1.82) is 0 Å². The molecule has 5 atom stereocenters. The standard InChI is InChI=1S/C19H26F3N3O2/c1-11-10-25(17(2,3)16(27-11)19(20,21)22)15(26)14-12-5-7-18(14,9-12)13-6-8-24(4)23-13/h6,8,11-12,14,16H,5,7,9-10H2,1-4H3. The fourth-order valence-electron chi connectivity index (χ4n) is 5.58. The van der Waals surface area contributed by atoms with Gasteiger partial charge in [0.15, 0.2) is 6.10 Å². The molecule has 150 valence electrons. The molecule has 1 aromatic rings. The Labute approximate surface area is 156 Å². The predicted molar refractivity (Wildman–Crippen MR) is 91.9 cm³/mol. The molecule has 8 heteroatoms. The smallest absolute Gasteiger partial charge is 0.362 e. The molecule has 27 heavy (non-hydrogen) atoms. The molecule has 3 saturated carbocycles. The summed E-state index contributed by atoms with van der Waals surface area (Å²) in [4.78, 5) is 15.0. The van der Waals surface area contributed by atoms with Crippen LogP contribution in [-0.2, 0) is 22.0 Å². The van der Waals surface area contributed by atoms with E-state index in [-0.39, 0.29) is 29.7 Å². The number of amides is 1. The first kappa shape index (κ1) is 18.8. The van der Waals surface area contributed by atoms with Gasteiger partial charge in [0.1, 0.15) is 0 Å². The molecule has 3 aliphatic carbocycles. The number of aryl methyl sites for hydroxylation is 1. The third-order valence-electron chi connectivity index (χ3n) is 6.85. The molecule has 2 heterocycles. The molecule has 4 fully saturated rings. The number of morpholine rings is 1. The number of hydrogen-bond donors (Lipinski definition) is 0. The normalized spacial score (nSPS) is 38.0. The maximum atomic E-state index is 13.6. The van der Waals surface area contributed by atoms with Crippen LogP contribution in [0.3, 0.4) is 0 Å². The van der Waals surface area contributed by atoms with Crippen LogP contribution >= 0.6 is 0 Å². The Balaban J connectivity index is 1.66. The quantitative estimate of drug-likeness (QED) is 0.786. The summed E-state index contributed by atoms with van der Waals surface area (Å²) in [7, 11) is 1.84. The minimum Gasteiger partial charge on any atom is -0.362 e. The molecule has 1 saturated heterocycles. The lowest BCUT2D eigenvalue weighted by Gasteiger charge is -2.54. The van der Waals surface area contributed by atoms with E-state index in [1.54, 1.807) is 11.6 Å². The molecular formula is C19H26F3N3O2. The Morgan fingerprint density at radius 3 is 2.63 bits per heavy atom. The number of fused-ring (bicyclic) bond motifs is 1. The van der Waals surface area contributed by atoms with Crippen molar-refractivity contribution in [1.82, 2.24) is 14.7 Å². The minimum atomic E-state index is -4.52. The summed E-state index contributed by atoms with van der Waals surface area (Å²) in [5, 5.41) is 4.53. The van der Waals surface area contributed by atoms with Crippen molar-refractivity contribution in [2.75, 3.05) is 6.54 Å². The summed E-state index contributed by atoms with van der Waals surface area (Å²) in [6.45, 7) is 4.70. The van der Waals surface area contributed by atoms with Gasteiger partial charge in [-0.1, -0.05) is 0 Å². The van der Waals surface area contributed by atoms with Gasteiger partial charge in [-0.2, -0.15) is 18.3 Å². The molecule has 5 unspecified atom stereocenters. The fraction of sp³-hybridized carbons (Fsp3) is 0.789. The zero-order valence-electron chi connectivity index (χ0n) is 16.1. The van der Waals surface area contributed by atoms with Crippen LogP contribution in [0, 0.1) is 11.8 Å². The lowest BCUT2D eigenvalue weighted by Crippen LogP contribution is -2.69. The van der Waals surface area contributed by atoms with E-state index in [2.05, 4.69) is 5.10 Å². The monoisotopic (exact) mass is 385 g/mol. The molecule has 0 radical (unpaired) electrons. The first-order valence-electron chi connectivity index (χ1n) is 9.50. The average Bonchev–Trinajstić information content (AvgIpc) is 3.22. The molecule has 2 bridgehead atoms. The molecule has 0 spiro atoms. The minimum absolute atomic E-state index is 0.177. The Bertz CT molecular complexity index is 756. The summed E-state index contributed by atoms with van der Waals surface area (Å²) < 4.78 is 47.7. The second-order valence-corrected chi connectivity index (χ2v) is 8.98. The Hall–Kier alpha value is -1.57. The zero-order valence-corrected chi connectivity index (χ0v) is 16.1. The highest BCUT2D eigenvalue weighted by Gasteiger charge is 2.66. The predicted octanol–water partition coefficient (Wildman–Crippen LogP) is 3.04. The number of carbonyl (C=O) groups excluding carboxylic acids is 1. The SMILES string of the molecule is CC1CN(C(=O)C2C3CCC2(c2ccn(C)n2)C3)C(C)(C)C(C(F)(F)F)O1. The second kappa shape index (κ2) is 5.72. The third kappa shape index (κ3) is 2.62. The molecule has 4 aliphatic rings. The maximum absolute atomic E-state index is 13.6. The van der Waals surface area contributed by atoms with Gasteiger partial charge in [-0.3, -0.25) is 9.48 Å². The Morgan fingerprint density at radius 1 is 1.37 bits per heavy atom. The number of halogens is 3. The van der Waals surface area contributed by atoms with Gasteiger partial charge in [0.05, 0.1) is 23.3 Å². The van der Waals surface area contributed by atoms with Crippen LogP contribution in [-0.4, -0.2) is 51.1 Å². The van der Waals surface area contributed by atoms with Crippen molar-refractivity contribution in [3.05, 3.63) is 18.0 Å². The van der Waals surface area contributed by atoms with E-state index >= 15 is 0 Å². The van der Waals surface area contributed by atoms with Gasteiger partial charge in [-0.05, 0) is 52.0 Å². The van der Waals surface area contributed by atoms with Crippen molar-refractivity contribution >= 4 is 5.91 Å². The van der Waals surface area contributed by atoms with E-state index in [1.165, 1.54) is 18.7 Å². The maximum Gasteiger partial charge on any atom is 0.416 e. The molecule has 1 aliphatic heterocycles. The summed E-state index contributed by atoms with van der Waals surface area (Å²) in [5.41, 5.74) is -0.875. The highest BCUT2D eigenvalue weighted by molar-refractivity contribution is 5.84. The van der Waals surface area contributed by atoms with E-state index in [0.29, 0.717) is 0 Å². The van der Waals surface area contributed by atoms with Crippen LogP contribution in [0.1, 0.15) is 45.7 Å². The second-order valence-electron chi connectivity index (χ2n) is 8.98. The Morgan fingerprint density at radius 2 is 2.07 bits per heavy atom. The van der Waals surface area contributed by atoms with Gasteiger partial charge < -0.3 is 9.64 Å². The number of ether oxygens (including phenoxy) is 1. The number of nitrogens with zero attached hydrogens (tertiary/aromatic N) is 3. The molecule has 0 aromatic carbocycles. The average molecular weight is 385 g/mol. The van der Waals surface area contributed by atoms with Gasteiger partial charge >= 0.3 is 6.18 Å². The molecule has 1 amide bonds. The topological polar surface area (TPSA) is 47.4 Å². The molecule has 5 rings (SSSR count). The van der Waals surface area contributed by atoms with E-state index in [1.807, 2.05) is 19.3 Å². The number of rotatable bonds is 2. The Kier molecular flexibility index (Phi) is 3.98. The van der Waals surface area contributed by atoms with Crippen LogP contribution < -0.4 is 0 Å². The van der Waals surface area contributed by atoms with Gasteiger partial charge in [-0.15, -0.1) is 0 Å². The van der Waals surface area contributed by atoms with Crippen molar-refractivity contribution in [3.63, 3.8) is 0 Å². The largest absolute Gasteiger partial charge is 0.416 e. The molecule has 5 nitrogen and oxygen atoms in total.